The number of nitrogens with one attached hydrogen (secondary N) is 1. The predicted molar refractivity (Wildman–Crippen MR) is 102 cm³/mol. The largest absolute Gasteiger partial charge is 0.350 e. The summed E-state index contributed by atoms with van der Waals surface area (Å²) in [5, 5.41) is 7.43. The minimum absolute atomic E-state index is 0.0199. The van der Waals surface area contributed by atoms with Crippen molar-refractivity contribution in [3.05, 3.63) is 47.6 Å². The van der Waals surface area contributed by atoms with Crippen molar-refractivity contribution in [3.8, 4) is 0 Å². The van der Waals surface area contributed by atoms with E-state index in [1.54, 1.807) is 0 Å². The topological polar surface area (TPSA) is 71.3 Å². The summed E-state index contributed by atoms with van der Waals surface area (Å²) in [4.78, 5) is 19.4. The molecule has 3 heterocycles. The molecule has 0 saturated carbocycles. The summed E-state index contributed by atoms with van der Waals surface area (Å²) in [7, 11) is 0. The average Bonchev–Trinajstić information content (AvgIpc) is 3.22. The highest BCUT2D eigenvalue weighted by Gasteiger charge is 2.46. The van der Waals surface area contributed by atoms with E-state index in [1.807, 2.05) is 18.2 Å². The Balaban J connectivity index is 1.34. The molecule has 1 aromatic carbocycles. The van der Waals surface area contributed by atoms with E-state index < -0.39 is 0 Å². The summed E-state index contributed by atoms with van der Waals surface area (Å²) in [5.74, 6) is 2.15. The molecular weight excluding hydrogens is 340 g/mol. The van der Waals surface area contributed by atoms with Gasteiger partial charge in [0.2, 0.25) is 11.8 Å². The number of benzene rings is 1. The van der Waals surface area contributed by atoms with Gasteiger partial charge in [-0.15, -0.1) is 0 Å². The van der Waals surface area contributed by atoms with Gasteiger partial charge in [-0.05, 0) is 30.7 Å². The third-order valence-electron chi connectivity index (χ3n) is 5.77. The lowest BCUT2D eigenvalue weighted by Gasteiger charge is -2.38. The number of carbonyl (C=O) groups excluding carboxylic acids is 1. The van der Waals surface area contributed by atoms with E-state index in [9.17, 15) is 4.79 Å². The summed E-state index contributed by atoms with van der Waals surface area (Å²) < 4.78 is 5.34. The predicted octanol–water partition coefficient (Wildman–Crippen LogP) is 2.91. The number of hydrogen-bond acceptors (Lipinski definition) is 5. The lowest BCUT2D eigenvalue weighted by molar-refractivity contribution is -0.121. The monoisotopic (exact) mass is 368 g/mol. The van der Waals surface area contributed by atoms with Gasteiger partial charge < -0.3 is 9.84 Å². The van der Waals surface area contributed by atoms with Gasteiger partial charge in [-0.25, -0.2) is 0 Å². The average molecular weight is 368 g/mol. The maximum Gasteiger partial charge on any atom is 0.228 e. The van der Waals surface area contributed by atoms with Crippen molar-refractivity contribution >= 4 is 5.91 Å². The molecular formula is C21H28N4O2. The molecule has 2 aromatic rings. The molecule has 6 heteroatoms. The zero-order valence-corrected chi connectivity index (χ0v) is 16.1. The smallest absolute Gasteiger partial charge is 0.228 e. The molecule has 2 fully saturated rings. The van der Waals surface area contributed by atoms with Gasteiger partial charge in [-0.2, -0.15) is 4.98 Å². The van der Waals surface area contributed by atoms with Crippen LogP contribution in [0.2, 0.25) is 0 Å². The zero-order valence-electron chi connectivity index (χ0n) is 16.1. The highest BCUT2D eigenvalue weighted by molar-refractivity contribution is 5.87. The molecule has 0 aliphatic carbocycles. The fourth-order valence-corrected chi connectivity index (χ4v) is 4.29. The van der Waals surface area contributed by atoms with Crippen LogP contribution in [0, 0.1) is 5.92 Å². The Hall–Kier alpha value is -2.21. The molecule has 4 rings (SSSR count). The number of amides is 1. The normalized spacial score (nSPS) is 22.5. The second-order valence-corrected chi connectivity index (χ2v) is 8.42. The van der Waals surface area contributed by atoms with Crippen LogP contribution in [-0.2, 0) is 17.8 Å². The summed E-state index contributed by atoms with van der Waals surface area (Å²) in [6.45, 7) is 6.89. The van der Waals surface area contributed by atoms with Crippen LogP contribution in [0.4, 0.5) is 0 Å². The molecule has 0 unspecified atom stereocenters. The maximum absolute atomic E-state index is 12.6. The van der Waals surface area contributed by atoms with E-state index in [-0.39, 0.29) is 17.4 Å². The lowest BCUT2D eigenvalue weighted by atomic mass is 9.82. The zero-order chi connectivity index (χ0) is 18.9. The van der Waals surface area contributed by atoms with Crippen LogP contribution in [0.5, 0.6) is 0 Å². The maximum atomic E-state index is 12.6. The van der Waals surface area contributed by atoms with E-state index in [2.05, 4.69) is 46.3 Å². The van der Waals surface area contributed by atoms with E-state index in [4.69, 9.17) is 4.52 Å². The number of nitrogens with zero attached hydrogens (tertiary/aromatic N) is 3. The molecule has 0 bridgehead atoms. The Bertz CT molecular complexity index is 778. The van der Waals surface area contributed by atoms with Crippen LogP contribution in [0.15, 0.2) is 34.9 Å². The van der Waals surface area contributed by atoms with Gasteiger partial charge in [0.25, 0.3) is 0 Å². The van der Waals surface area contributed by atoms with Crippen LogP contribution < -0.4 is 5.32 Å². The van der Waals surface area contributed by atoms with Crippen LogP contribution in [0.25, 0.3) is 0 Å². The van der Waals surface area contributed by atoms with Crippen LogP contribution in [0.1, 0.15) is 56.3 Å². The quantitative estimate of drug-likeness (QED) is 0.879. The Labute approximate surface area is 160 Å². The first-order valence-corrected chi connectivity index (χ1v) is 9.94. The van der Waals surface area contributed by atoms with Crippen molar-refractivity contribution in [1.82, 2.24) is 20.4 Å². The molecule has 144 valence electrons. The van der Waals surface area contributed by atoms with Gasteiger partial charge in [0, 0.05) is 25.0 Å². The number of likely N-dealkylation sites (tertiary alicyclic amines) is 1. The third kappa shape index (κ3) is 4.05. The first-order valence-electron chi connectivity index (χ1n) is 9.94. The van der Waals surface area contributed by atoms with Crippen molar-refractivity contribution < 1.29 is 9.32 Å². The molecule has 6 nitrogen and oxygen atoms in total. The highest BCUT2D eigenvalue weighted by Crippen LogP contribution is 2.39. The van der Waals surface area contributed by atoms with Gasteiger partial charge >= 0.3 is 0 Å². The van der Waals surface area contributed by atoms with Crippen molar-refractivity contribution in [1.29, 1.82) is 0 Å². The minimum Gasteiger partial charge on any atom is -0.350 e. The van der Waals surface area contributed by atoms with E-state index in [0.717, 1.165) is 56.1 Å². The summed E-state index contributed by atoms with van der Waals surface area (Å²) >= 11 is 0. The molecule has 0 radical (unpaired) electrons. The number of hydrogen-bond donors (Lipinski definition) is 1. The van der Waals surface area contributed by atoms with Crippen LogP contribution in [-0.4, -0.2) is 39.6 Å². The molecule has 1 spiro atoms. The van der Waals surface area contributed by atoms with E-state index in [1.165, 1.54) is 0 Å². The van der Waals surface area contributed by atoms with Crippen molar-refractivity contribution in [2.75, 3.05) is 13.1 Å². The molecule has 2 aliphatic rings. The number of aromatic nitrogens is 2. The second-order valence-electron chi connectivity index (χ2n) is 8.42. The van der Waals surface area contributed by atoms with Gasteiger partial charge in [-0.1, -0.05) is 49.3 Å². The molecule has 1 N–H and O–H groups in total. The first-order chi connectivity index (χ1) is 13.0. The van der Waals surface area contributed by atoms with Gasteiger partial charge in [-0.3, -0.25) is 9.69 Å². The van der Waals surface area contributed by atoms with Gasteiger partial charge in [0.05, 0.1) is 12.5 Å². The number of rotatable bonds is 5. The molecule has 27 heavy (non-hydrogen) atoms. The van der Waals surface area contributed by atoms with Crippen molar-refractivity contribution in [2.24, 2.45) is 5.92 Å². The fourth-order valence-electron chi connectivity index (χ4n) is 4.29. The molecule has 1 amide bonds. The molecule has 1 atom stereocenters. The van der Waals surface area contributed by atoms with Crippen molar-refractivity contribution in [3.63, 3.8) is 0 Å². The fraction of sp³-hybridized carbons (Fsp3) is 0.571. The van der Waals surface area contributed by atoms with Gasteiger partial charge in [0.1, 0.15) is 0 Å². The lowest BCUT2D eigenvalue weighted by Crippen LogP contribution is -2.50. The minimum atomic E-state index is -0.0614. The Morgan fingerprint density at radius 1 is 1.26 bits per heavy atom. The third-order valence-corrected chi connectivity index (χ3v) is 5.77. The summed E-state index contributed by atoms with van der Waals surface area (Å²) in [5.41, 5.74) is 1.06. The SMILES string of the molecule is CC(C)Cc1nc(CN2CCC3(CC2)C[C@H](c2ccccc2)C(=O)N3)no1. The molecule has 2 aliphatic heterocycles. The van der Waals surface area contributed by atoms with Crippen LogP contribution >= 0.6 is 0 Å². The number of carbonyl (C=O) groups is 1. The summed E-state index contributed by atoms with van der Waals surface area (Å²) in [6, 6.07) is 10.1. The standard InChI is InChI=1S/C21H28N4O2/c1-15(2)12-19-22-18(24-27-19)14-25-10-8-21(9-11-25)13-17(20(26)23-21)16-6-4-3-5-7-16/h3-7,15,17H,8-14H2,1-2H3,(H,23,26)/t17-/m1/s1. The summed E-state index contributed by atoms with van der Waals surface area (Å²) in [6.07, 6.45) is 3.66. The Kier molecular flexibility index (Phi) is 5.00. The molecule has 1 aromatic heterocycles. The van der Waals surface area contributed by atoms with Gasteiger partial charge in [0.15, 0.2) is 5.82 Å². The first kappa shape index (κ1) is 18.2. The Morgan fingerprint density at radius 3 is 2.70 bits per heavy atom. The molecule has 2 saturated heterocycles. The Morgan fingerprint density at radius 2 is 2.00 bits per heavy atom. The second kappa shape index (κ2) is 7.43. The van der Waals surface area contributed by atoms with E-state index in [0.29, 0.717) is 12.5 Å². The highest BCUT2D eigenvalue weighted by atomic mass is 16.5. The van der Waals surface area contributed by atoms with E-state index >= 15 is 0 Å². The van der Waals surface area contributed by atoms with Crippen LogP contribution in [0.3, 0.4) is 0 Å². The number of piperidine rings is 1. The van der Waals surface area contributed by atoms with Crippen molar-refractivity contribution in [2.45, 2.75) is 57.5 Å².